The van der Waals surface area contributed by atoms with Gasteiger partial charge in [-0.05, 0) is 36.6 Å². The normalized spacial score (nSPS) is 11.8. The van der Waals surface area contributed by atoms with E-state index in [0.29, 0.717) is 24.3 Å². The van der Waals surface area contributed by atoms with Crippen molar-refractivity contribution in [3.63, 3.8) is 0 Å². The number of halogens is 1. The van der Waals surface area contributed by atoms with Crippen molar-refractivity contribution in [2.24, 2.45) is 0 Å². The highest BCUT2D eigenvalue weighted by Crippen LogP contribution is 2.24. The van der Waals surface area contributed by atoms with E-state index in [1.807, 2.05) is 0 Å². The van der Waals surface area contributed by atoms with Gasteiger partial charge < -0.3 is 9.84 Å². The van der Waals surface area contributed by atoms with Gasteiger partial charge in [-0.15, -0.1) is 0 Å². The van der Waals surface area contributed by atoms with Gasteiger partial charge >= 0.3 is 0 Å². The lowest BCUT2D eigenvalue weighted by molar-refractivity contribution is 0.136. The zero-order chi connectivity index (χ0) is 15.9. The maximum absolute atomic E-state index is 12.3. The number of nitrogens with one attached hydrogen (secondary N) is 1. The molecule has 1 aromatic carbocycles. The third kappa shape index (κ3) is 5.56. The zero-order valence-corrected chi connectivity index (χ0v) is 13.9. The molecular weight excluding hydrogens is 314 g/mol. The SMILES string of the molecule is CCCCOCCNS(=O)(=O)c1cc(Cl)cc(CO)c1C. The lowest BCUT2D eigenvalue weighted by atomic mass is 10.1. The van der Waals surface area contributed by atoms with Crippen LogP contribution in [0.2, 0.25) is 5.02 Å². The van der Waals surface area contributed by atoms with E-state index >= 15 is 0 Å². The number of hydrogen-bond acceptors (Lipinski definition) is 4. The number of hydrogen-bond donors (Lipinski definition) is 2. The molecule has 0 saturated heterocycles. The molecule has 0 aromatic heterocycles. The minimum atomic E-state index is -3.66. The summed E-state index contributed by atoms with van der Waals surface area (Å²) in [6.07, 6.45) is 2.00. The fraction of sp³-hybridized carbons (Fsp3) is 0.571. The number of sulfonamides is 1. The highest BCUT2D eigenvalue weighted by molar-refractivity contribution is 7.89. The third-order valence-electron chi connectivity index (χ3n) is 3.07. The van der Waals surface area contributed by atoms with E-state index < -0.39 is 10.0 Å². The van der Waals surface area contributed by atoms with E-state index in [2.05, 4.69) is 11.6 Å². The second kappa shape index (κ2) is 8.70. The summed E-state index contributed by atoms with van der Waals surface area (Å²) < 4.78 is 32.3. The third-order valence-corrected chi connectivity index (χ3v) is 4.88. The van der Waals surface area contributed by atoms with Gasteiger partial charge in [-0.2, -0.15) is 0 Å². The van der Waals surface area contributed by atoms with Crippen LogP contribution in [0.3, 0.4) is 0 Å². The maximum atomic E-state index is 12.3. The van der Waals surface area contributed by atoms with Gasteiger partial charge in [-0.3, -0.25) is 0 Å². The van der Waals surface area contributed by atoms with Gasteiger partial charge in [0.1, 0.15) is 0 Å². The molecule has 0 spiro atoms. The Morgan fingerprint density at radius 2 is 2.05 bits per heavy atom. The van der Waals surface area contributed by atoms with Crippen molar-refractivity contribution in [3.8, 4) is 0 Å². The van der Waals surface area contributed by atoms with E-state index in [-0.39, 0.29) is 23.1 Å². The summed E-state index contributed by atoms with van der Waals surface area (Å²) in [6.45, 7) is 4.61. The Hall–Kier alpha value is -0.660. The minimum absolute atomic E-state index is 0.0904. The molecule has 0 fully saturated rings. The smallest absolute Gasteiger partial charge is 0.240 e. The number of aliphatic hydroxyl groups excluding tert-OH is 1. The van der Waals surface area contributed by atoms with Gasteiger partial charge in [0.25, 0.3) is 0 Å². The van der Waals surface area contributed by atoms with Crippen LogP contribution >= 0.6 is 11.6 Å². The van der Waals surface area contributed by atoms with E-state index in [0.717, 1.165) is 12.8 Å². The summed E-state index contributed by atoms with van der Waals surface area (Å²) in [5, 5.41) is 9.52. The Kier molecular flexibility index (Phi) is 7.62. The molecule has 0 amide bonds. The second-order valence-corrected chi connectivity index (χ2v) is 6.88. The Morgan fingerprint density at radius 3 is 2.67 bits per heavy atom. The van der Waals surface area contributed by atoms with Crippen molar-refractivity contribution < 1.29 is 18.3 Å². The molecule has 1 aromatic rings. The highest BCUT2D eigenvalue weighted by Gasteiger charge is 2.19. The number of aliphatic hydroxyl groups is 1. The summed E-state index contributed by atoms with van der Waals surface area (Å²) in [5.41, 5.74) is 1.00. The summed E-state index contributed by atoms with van der Waals surface area (Å²) in [5.74, 6) is 0. The average Bonchev–Trinajstić information content (AvgIpc) is 2.44. The molecule has 1 rings (SSSR count). The molecule has 5 nitrogen and oxygen atoms in total. The Bertz CT molecular complexity index is 560. The van der Waals surface area contributed by atoms with E-state index in [1.165, 1.54) is 6.07 Å². The maximum Gasteiger partial charge on any atom is 0.240 e. The topological polar surface area (TPSA) is 75.6 Å². The monoisotopic (exact) mass is 335 g/mol. The van der Waals surface area contributed by atoms with Gasteiger partial charge in [0.15, 0.2) is 0 Å². The number of rotatable bonds is 9. The largest absolute Gasteiger partial charge is 0.392 e. The fourth-order valence-corrected chi connectivity index (χ4v) is 3.46. The molecule has 0 aliphatic carbocycles. The molecule has 0 aliphatic rings. The van der Waals surface area contributed by atoms with Gasteiger partial charge in [0.05, 0.1) is 18.1 Å². The molecular formula is C14H22ClNO4S. The lowest BCUT2D eigenvalue weighted by Gasteiger charge is -2.12. The Balaban J connectivity index is 2.72. The van der Waals surface area contributed by atoms with Crippen molar-refractivity contribution in [2.75, 3.05) is 19.8 Å². The quantitative estimate of drug-likeness (QED) is 0.679. The lowest BCUT2D eigenvalue weighted by Crippen LogP contribution is -2.28. The van der Waals surface area contributed by atoms with E-state index in [9.17, 15) is 13.5 Å². The first-order valence-electron chi connectivity index (χ1n) is 6.89. The first-order valence-corrected chi connectivity index (χ1v) is 8.75. The molecule has 7 heteroatoms. The number of unbranched alkanes of at least 4 members (excludes halogenated alkanes) is 1. The van der Waals surface area contributed by atoms with Crippen LogP contribution in [0.25, 0.3) is 0 Å². The molecule has 0 aliphatic heterocycles. The summed E-state index contributed by atoms with van der Waals surface area (Å²) in [6, 6.07) is 2.94. The zero-order valence-electron chi connectivity index (χ0n) is 12.4. The highest BCUT2D eigenvalue weighted by atomic mass is 35.5. The van der Waals surface area contributed by atoms with Crippen LogP contribution in [0.1, 0.15) is 30.9 Å². The molecule has 2 N–H and O–H groups in total. The molecule has 0 bridgehead atoms. The molecule has 0 unspecified atom stereocenters. The standard InChI is InChI=1S/C14H22ClNO4S/c1-3-4-6-20-7-5-16-21(18,19)14-9-13(15)8-12(10-17)11(14)2/h8-9,16-17H,3-7,10H2,1-2H3. The average molecular weight is 336 g/mol. The van der Waals surface area contributed by atoms with Crippen molar-refractivity contribution in [3.05, 3.63) is 28.3 Å². The summed E-state index contributed by atoms with van der Waals surface area (Å²) in [4.78, 5) is 0.0904. The Morgan fingerprint density at radius 1 is 1.33 bits per heavy atom. The van der Waals surface area contributed by atoms with Crippen LogP contribution in [0.15, 0.2) is 17.0 Å². The predicted octanol–water partition coefficient (Wildman–Crippen LogP) is 2.24. The van der Waals surface area contributed by atoms with Gasteiger partial charge in [0.2, 0.25) is 10.0 Å². The van der Waals surface area contributed by atoms with Crippen molar-refractivity contribution in [2.45, 2.75) is 38.2 Å². The van der Waals surface area contributed by atoms with Crippen molar-refractivity contribution >= 4 is 21.6 Å². The molecule has 0 radical (unpaired) electrons. The summed E-state index contributed by atoms with van der Waals surface area (Å²) >= 11 is 5.90. The van der Waals surface area contributed by atoms with Crippen molar-refractivity contribution in [1.29, 1.82) is 0 Å². The first-order chi connectivity index (χ1) is 9.92. The van der Waals surface area contributed by atoms with Crippen LogP contribution in [0, 0.1) is 6.92 Å². The molecule has 120 valence electrons. The van der Waals surface area contributed by atoms with E-state index in [4.69, 9.17) is 16.3 Å². The first kappa shape index (κ1) is 18.4. The Labute approximate surface area is 131 Å². The van der Waals surface area contributed by atoms with Crippen LogP contribution in [0.5, 0.6) is 0 Å². The molecule has 0 heterocycles. The van der Waals surface area contributed by atoms with Crippen LogP contribution < -0.4 is 4.72 Å². The second-order valence-electron chi connectivity index (χ2n) is 4.71. The van der Waals surface area contributed by atoms with Crippen LogP contribution in [-0.4, -0.2) is 33.3 Å². The predicted molar refractivity (Wildman–Crippen MR) is 83.0 cm³/mol. The van der Waals surface area contributed by atoms with Crippen molar-refractivity contribution in [1.82, 2.24) is 4.72 Å². The van der Waals surface area contributed by atoms with Gasteiger partial charge in [0, 0.05) is 18.2 Å². The van der Waals surface area contributed by atoms with Crippen LogP contribution in [-0.2, 0) is 21.4 Å². The summed E-state index contributed by atoms with van der Waals surface area (Å²) in [7, 11) is -3.66. The van der Waals surface area contributed by atoms with Crippen LogP contribution in [0.4, 0.5) is 0 Å². The molecule has 0 saturated carbocycles. The number of benzene rings is 1. The number of ether oxygens (including phenoxy) is 1. The molecule has 0 atom stereocenters. The minimum Gasteiger partial charge on any atom is -0.392 e. The molecule has 21 heavy (non-hydrogen) atoms. The fourth-order valence-electron chi connectivity index (χ4n) is 1.83. The van der Waals surface area contributed by atoms with Gasteiger partial charge in [-0.25, -0.2) is 13.1 Å². The van der Waals surface area contributed by atoms with E-state index in [1.54, 1.807) is 13.0 Å². The van der Waals surface area contributed by atoms with Gasteiger partial charge in [-0.1, -0.05) is 24.9 Å².